The first-order valence-electron chi connectivity index (χ1n) is 6.53. The van der Waals surface area contributed by atoms with Gasteiger partial charge in [0.2, 0.25) is 0 Å². The number of anilines is 1. The van der Waals surface area contributed by atoms with Crippen molar-refractivity contribution in [3.05, 3.63) is 41.2 Å². The molecular formula is C13H11F6N3O2S. The monoisotopic (exact) mass is 387 g/mol. The number of hydrogen-bond donors (Lipinski definition) is 1. The molecular weight excluding hydrogens is 376 g/mol. The van der Waals surface area contributed by atoms with Crippen LogP contribution in [-0.4, -0.2) is 18.2 Å². The summed E-state index contributed by atoms with van der Waals surface area (Å²) in [5.41, 5.74) is -4.06. The molecule has 0 saturated heterocycles. The van der Waals surface area contributed by atoms with Gasteiger partial charge in [-0.1, -0.05) is 0 Å². The van der Waals surface area contributed by atoms with Crippen LogP contribution in [0.3, 0.4) is 0 Å². The highest BCUT2D eigenvalue weighted by Gasteiger charge is 2.37. The largest absolute Gasteiger partial charge is 0.416 e. The molecule has 1 N–H and O–H groups in total. The molecule has 0 spiro atoms. The Morgan fingerprint density at radius 3 is 1.84 bits per heavy atom. The minimum Gasteiger partial charge on any atom is -0.279 e. The van der Waals surface area contributed by atoms with Crippen LogP contribution >= 0.6 is 0 Å². The molecule has 12 heteroatoms. The Kier molecular flexibility index (Phi) is 4.53. The highest BCUT2D eigenvalue weighted by molar-refractivity contribution is 7.92. The van der Waals surface area contributed by atoms with Gasteiger partial charge >= 0.3 is 12.4 Å². The maximum atomic E-state index is 12.8. The summed E-state index contributed by atoms with van der Waals surface area (Å²) in [4.78, 5) is -0.360. The summed E-state index contributed by atoms with van der Waals surface area (Å²) in [5, 5.41) is 3.77. The van der Waals surface area contributed by atoms with Gasteiger partial charge in [-0.25, -0.2) is 8.42 Å². The lowest BCUT2D eigenvalue weighted by Crippen LogP contribution is -2.16. The zero-order valence-electron chi connectivity index (χ0n) is 12.7. The second-order valence-corrected chi connectivity index (χ2v) is 6.80. The summed E-state index contributed by atoms with van der Waals surface area (Å²) in [6.45, 7) is 1.34. The maximum Gasteiger partial charge on any atom is 0.416 e. The van der Waals surface area contributed by atoms with E-state index in [0.29, 0.717) is 12.1 Å². The average molecular weight is 387 g/mol. The van der Waals surface area contributed by atoms with Crippen molar-refractivity contribution in [3.63, 3.8) is 0 Å². The highest BCUT2D eigenvalue weighted by Crippen LogP contribution is 2.38. The van der Waals surface area contributed by atoms with Crippen LogP contribution in [0.15, 0.2) is 29.3 Å². The first-order chi connectivity index (χ1) is 11.2. The van der Waals surface area contributed by atoms with E-state index >= 15 is 0 Å². The smallest absolute Gasteiger partial charge is 0.279 e. The number of aryl methyl sites for hydroxylation is 2. The number of benzene rings is 1. The third kappa shape index (κ3) is 4.24. The Bertz CT molecular complexity index is 867. The molecule has 1 aromatic carbocycles. The molecule has 138 valence electrons. The lowest BCUT2D eigenvalue weighted by Gasteiger charge is -2.15. The minimum atomic E-state index is -5.08. The zero-order valence-corrected chi connectivity index (χ0v) is 13.5. The molecule has 0 bridgehead atoms. The van der Waals surface area contributed by atoms with Crippen LogP contribution in [0, 0.1) is 6.92 Å². The summed E-state index contributed by atoms with van der Waals surface area (Å²) >= 11 is 0. The van der Waals surface area contributed by atoms with Crippen molar-refractivity contribution in [2.45, 2.75) is 24.2 Å². The number of sulfonamides is 1. The highest BCUT2D eigenvalue weighted by atomic mass is 32.2. The Labute approximate surface area is 138 Å². The van der Waals surface area contributed by atoms with E-state index in [-0.39, 0.29) is 16.7 Å². The fraction of sp³-hybridized carbons (Fsp3) is 0.308. The van der Waals surface area contributed by atoms with E-state index in [4.69, 9.17) is 0 Å². The number of hydrogen-bond acceptors (Lipinski definition) is 3. The zero-order chi connectivity index (χ0) is 19.2. The van der Waals surface area contributed by atoms with E-state index in [9.17, 15) is 34.8 Å². The molecule has 0 atom stereocenters. The van der Waals surface area contributed by atoms with Crippen molar-refractivity contribution >= 4 is 15.7 Å². The second kappa shape index (κ2) is 5.93. The number of nitrogens with zero attached hydrogens (tertiary/aromatic N) is 2. The average Bonchev–Trinajstić information content (AvgIpc) is 2.75. The molecule has 1 aromatic heterocycles. The van der Waals surface area contributed by atoms with Gasteiger partial charge in [0.15, 0.2) is 0 Å². The van der Waals surface area contributed by atoms with Crippen molar-refractivity contribution in [1.82, 2.24) is 9.78 Å². The Morgan fingerprint density at radius 2 is 1.48 bits per heavy atom. The molecule has 0 fully saturated rings. The minimum absolute atomic E-state index is 0.0398. The number of halogens is 6. The first kappa shape index (κ1) is 19.1. The predicted molar refractivity (Wildman–Crippen MR) is 75.2 cm³/mol. The van der Waals surface area contributed by atoms with Crippen LogP contribution in [0.5, 0.6) is 0 Å². The summed E-state index contributed by atoms with van der Waals surface area (Å²) < 4.78 is 104. The van der Waals surface area contributed by atoms with Crippen molar-refractivity contribution < 1.29 is 34.8 Å². The van der Waals surface area contributed by atoms with E-state index in [1.807, 2.05) is 0 Å². The molecule has 0 saturated carbocycles. The third-order valence-corrected chi connectivity index (χ3v) is 4.58. The Balaban J connectivity index is 2.53. The molecule has 0 amide bonds. The molecule has 0 aliphatic carbocycles. The molecule has 25 heavy (non-hydrogen) atoms. The van der Waals surface area contributed by atoms with Gasteiger partial charge in [0, 0.05) is 13.2 Å². The van der Waals surface area contributed by atoms with E-state index in [2.05, 4.69) is 5.10 Å². The predicted octanol–water partition coefficient (Wildman–Crippen LogP) is 3.57. The number of alkyl halides is 6. The van der Waals surface area contributed by atoms with E-state index in [1.165, 1.54) is 14.0 Å². The quantitative estimate of drug-likeness (QED) is 0.819. The van der Waals surface area contributed by atoms with Crippen LogP contribution in [0.1, 0.15) is 16.8 Å². The third-order valence-electron chi connectivity index (χ3n) is 3.10. The van der Waals surface area contributed by atoms with Crippen LogP contribution in [0.25, 0.3) is 0 Å². The summed E-state index contributed by atoms with van der Waals surface area (Å²) in [6, 6.07) is 0.490. The molecule has 2 rings (SSSR count). The fourth-order valence-electron chi connectivity index (χ4n) is 2.07. The van der Waals surface area contributed by atoms with Gasteiger partial charge in [0.05, 0.1) is 22.5 Å². The molecule has 1 heterocycles. The maximum absolute atomic E-state index is 12.8. The van der Waals surface area contributed by atoms with Gasteiger partial charge in [-0.15, -0.1) is 0 Å². The van der Waals surface area contributed by atoms with Gasteiger partial charge in [-0.3, -0.25) is 9.40 Å². The molecule has 0 unspecified atom stereocenters. The molecule has 0 radical (unpaired) electrons. The van der Waals surface area contributed by atoms with Gasteiger partial charge in [-0.2, -0.15) is 31.4 Å². The second-order valence-electron chi connectivity index (χ2n) is 5.15. The SMILES string of the molecule is Cc1nn(C)cc1S(=O)(=O)Nc1cc(C(F)(F)F)cc(C(F)(F)F)c1. The van der Waals surface area contributed by atoms with Gasteiger partial charge in [-0.05, 0) is 25.1 Å². The fourth-order valence-corrected chi connectivity index (χ4v) is 3.32. The molecule has 5 nitrogen and oxygen atoms in total. The Morgan fingerprint density at radius 1 is 1.00 bits per heavy atom. The molecule has 0 aliphatic heterocycles. The van der Waals surface area contributed by atoms with E-state index in [1.54, 1.807) is 4.72 Å². The van der Waals surface area contributed by atoms with Crippen LogP contribution in [-0.2, 0) is 29.4 Å². The van der Waals surface area contributed by atoms with E-state index < -0.39 is 39.2 Å². The molecule has 2 aromatic rings. The molecule has 0 aliphatic rings. The van der Waals surface area contributed by atoms with Crippen molar-refractivity contribution in [2.75, 3.05) is 4.72 Å². The number of rotatable bonds is 3. The number of aromatic nitrogens is 2. The van der Waals surface area contributed by atoms with Crippen LogP contribution in [0.4, 0.5) is 32.0 Å². The van der Waals surface area contributed by atoms with Crippen molar-refractivity contribution in [1.29, 1.82) is 0 Å². The topological polar surface area (TPSA) is 64.0 Å². The summed E-state index contributed by atoms with van der Waals surface area (Å²) in [5.74, 6) is 0. The summed E-state index contributed by atoms with van der Waals surface area (Å²) in [7, 11) is -3.00. The van der Waals surface area contributed by atoms with Gasteiger partial charge in [0.1, 0.15) is 4.90 Å². The van der Waals surface area contributed by atoms with Gasteiger partial charge < -0.3 is 0 Å². The van der Waals surface area contributed by atoms with E-state index in [0.717, 1.165) is 10.9 Å². The van der Waals surface area contributed by atoms with Crippen molar-refractivity contribution in [3.8, 4) is 0 Å². The lowest BCUT2D eigenvalue weighted by atomic mass is 10.1. The lowest BCUT2D eigenvalue weighted by molar-refractivity contribution is -0.143. The van der Waals surface area contributed by atoms with Crippen LogP contribution in [0.2, 0.25) is 0 Å². The Hall–Kier alpha value is -2.24. The normalized spacial score (nSPS) is 13.1. The standard InChI is InChI=1S/C13H11F6N3O2S/c1-7-11(6-22(2)20-7)25(23,24)21-10-4-8(12(14,15)16)3-9(5-10)13(17,18)19/h3-6,21H,1-2H3. The van der Waals surface area contributed by atoms with Gasteiger partial charge in [0.25, 0.3) is 10.0 Å². The van der Waals surface area contributed by atoms with Crippen molar-refractivity contribution in [2.24, 2.45) is 7.05 Å². The number of nitrogens with one attached hydrogen (secondary N) is 1. The summed E-state index contributed by atoms with van der Waals surface area (Å²) in [6.07, 6.45) is -9.08. The van der Waals surface area contributed by atoms with Crippen LogP contribution < -0.4 is 4.72 Å². The first-order valence-corrected chi connectivity index (χ1v) is 8.01.